The van der Waals surface area contributed by atoms with Gasteiger partial charge < -0.3 is 10.2 Å². The summed E-state index contributed by atoms with van der Waals surface area (Å²) >= 11 is 0. The third kappa shape index (κ3) is 2.53. The maximum Gasteiger partial charge on any atom is 0.255 e. The second kappa shape index (κ2) is 6.35. The monoisotopic (exact) mass is 382 g/mol. The van der Waals surface area contributed by atoms with E-state index in [1.165, 1.54) is 23.2 Å². The zero-order valence-corrected chi connectivity index (χ0v) is 16.8. The third-order valence-corrected chi connectivity index (χ3v) is 7.38. The molecule has 0 bridgehead atoms. The number of amides is 1. The first-order chi connectivity index (χ1) is 14.2. The number of carbonyl (C=O) groups is 1. The first kappa shape index (κ1) is 17.1. The quantitative estimate of drug-likeness (QED) is 0.705. The number of nitrogens with zero attached hydrogens (tertiary/aromatic N) is 1. The maximum absolute atomic E-state index is 13.1. The molecule has 1 N–H and O–H groups in total. The van der Waals surface area contributed by atoms with E-state index >= 15 is 0 Å². The topological polar surface area (TPSA) is 32.3 Å². The third-order valence-electron chi connectivity index (χ3n) is 7.38. The van der Waals surface area contributed by atoms with Crippen molar-refractivity contribution >= 4 is 17.3 Å². The van der Waals surface area contributed by atoms with Gasteiger partial charge in [0.15, 0.2) is 0 Å². The van der Waals surface area contributed by atoms with Gasteiger partial charge in [-0.05, 0) is 54.9 Å². The number of aryl methyl sites for hydroxylation is 1. The molecule has 3 nitrogen and oxygen atoms in total. The predicted molar refractivity (Wildman–Crippen MR) is 118 cm³/mol. The molecule has 3 heteroatoms. The molecule has 0 aromatic heterocycles. The molecule has 29 heavy (non-hydrogen) atoms. The number of hydrogen-bond acceptors (Lipinski definition) is 2. The van der Waals surface area contributed by atoms with Gasteiger partial charge in [0.25, 0.3) is 5.91 Å². The Morgan fingerprint density at radius 3 is 2.48 bits per heavy atom. The van der Waals surface area contributed by atoms with Crippen molar-refractivity contribution in [2.24, 2.45) is 11.8 Å². The SMILES string of the molecule is Cc1ccccc1C(=O)Nc1ccc2c3c1[C@@H]1C=CC[C@@H]1CN3C[C@H]1CC=C[C@H]21. The Balaban J connectivity index is 1.47. The standard InChI is InChI=1S/C26H26N2O/c1-16-6-2-3-9-19(16)26(29)27-23-13-12-22-20-10-4-7-17(20)14-28-15-18-8-5-11-21(18)24(23)25(22)28/h2-6,9-13,17-18,20-21H,7-8,14-15H2,1H3,(H,27,29)/t17-,18-,20+,21-/m1/s1. The van der Waals surface area contributed by atoms with Crippen molar-refractivity contribution < 1.29 is 4.79 Å². The lowest BCUT2D eigenvalue weighted by Gasteiger charge is -2.46. The number of fused-ring (bicyclic) bond motifs is 4. The molecular formula is C26H26N2O. The maximum atomic E-state index is 13.1. The van der Waals surface area contributed by atoms with E-state index in [0.717, 1.165) is 36.3 Å². The zero-order valence-electron chi connectivity index (χ0n) is 16.8. The smallest absolute Gasteiger partial charge is 0.255 e. The van der Waals surface area contributed by atoms with Crippen LogP contribution in [0.3, 0.4) is 0 Å². The van der Waals surface area contributed by atoms with E-state index in [0.29, 0.717) is 23.7 Å². The summed E-state index contributed by atoms with van der Waals surface area (Å²) in [5, 5.41) is 3.28. The molecular weight excluding hydrogens is 356 g/mol. The molecule has 0 fully saturated rings. The Morgan fingerprint density at radius 2 is 1.69 bits per heavy atom. The average molecular weight is 383 g/mol. The first-order valence-corrected chi connectivity index (χ1v) is 10.8. The van der Waals surface area contributed by atoms with E-state index in [1.807, 2.05) is 31.2 Å². The average Bonchev–Trinajstić information content (AvgIpc) is 3.38. The molecule has 2 aliphatic carbocycles. The summed E-state index contributed by atoms with van der Waals surface area (Å²) in [4.78, 5) is 15.7. The van der Waals surface area contributed by atoms with Crippen molar-refractivity contribution in [2.45, 2.75) is 31.6 Å². The highest BCUT2D eigenvalue weighted by molar-refractivity contribution is 6.06. The van der Waals surface area contributed by atoms with Gasteiger partial charge >= 0.3 is 0 Å². The fourth-order valence-corrected chi connectivity index (χ4v) is 6.01. The van der Waals surface area contributed by atoms with Gasteiger partial charge in [-0.1, -0.05) is 48.6 Å². The Morgan fingerprint density at radius 1 is 0.966 bits per heavy atom. The van der Waals surface area contributed by atoms with Crippen LogP contribution in [0.1, 0.15) is 51.7 Å². The van der Waals surface area contributed by atoms with Crippen LogP contribution in [0.15, 0.2) is 60.7 Å². The molecule has 4 atom stereocenters. The number of nitrogens with one attached hydrogen (secondary N) is 1. The van der Waals surface area contributed by atoms with Gasteiger partial charge in [-0.25, -0.2) is 0 Å². The lowest BCUT2D eigenvalue weighted by molar-refractivity contribution is 0.102. The number of benzene rings is 2. The van der Waals surface area contributed by atoms with Crippen LogP contribution in [0.5, 0.6) is 0 Å². The number of anilines is 2. The number of carbonyl (C=O) groups excluding carboxylic acids is 1. The molecule has 2 heterocycles. The van der Waals surface area contributed by atoms with Crippen molar-refractivity contribution in [3.05, 3.63) is 83.0 Å². The molecule has 0 unspecified atom stereocenters. The van der Waals surface area contributed by atoms with E-state index in [-0.39, 0.29) is 5.91 Å². The predicted octanol–water partition coefficient (Wildman–Crippen LogP) is 5.40. The summed E-state index contributed by atoms with van der Waals surface area (Å²) in [7, 11) is 0. The van der Waals surface area contributed by atoms with E-state index < -0.39 is 0 Å². The van der Waals surface area contributed by atoms with Gasteiger partial charge in [0.1, 0.15) is 0 Å². The van der Waals surface area contributed by atoms with Gasteiger partial charge in [-0.15, -0.1) is 0 Å². The summed E-state index contributed by atoms with van der Waals surface area (Å²) < 4.78 is 0. The minimum Gasteiger partial charge on any atom is -0.370 e. The summed E-state index contributed by atoms with van der Waals surface area (Å²) in [6.45, 7) is 4.27. The van der Waals surface area contributed by atoms with Crippen molar-refractivity contribution in [1.29, 1.82) is 0 Å². The molecule has 2 aliphatic heterocycles. The van der Waals surface area contributed by atoms with Crippen molar-refractivity contribution in [2.75, 3.05) is 23.3 Å². The van der Waals surface area contributed by atoms with Crippen LogP contribution in [0.2, 0.25) is 0 Å². The van der Waals surface area contributed by atoms with Crippen molar-refractivity contribution in [3.8, 4) is 0 Å². The molecule has 2 aromatic carbocycles. The van der Waals surface area contributed by atoms with Gasteiger partial charge in [0.05, 0.1) is 0 Å². The van der Waals surface area contributed by atoms with Gasteiger partial charge in [0, 0.05) is 47.4 Å². The Kier molecular flexibility index (Phi) is 3.74. The van der Waals surface area contributed by atoms with E-state index in [9.17, 15) is 4.79 Å². The van der Waals surface area contributed by atoms with E-state index in [2.05, 4.69) is 46.7 Å². The Hall–Kier alpha value is -2.81. The largest absolute Gasteiger partial charge is 0.370 e. The van der Waals surface area contributed by atoms with E-state index in [4.69, 9.17) is 0 Å². The van der Waals surface area contributed by atoms with Gasteiger partial charge in [-0.3, -0.25) is 4.79 Å². The summed E-state index contributed by atoms with van der Waals surface area (Å²) in [6, 6.07) is 12.2. The number of allylic oxidation sites excluding steroid dienone is 4. The summed E-state index contributed by atoms with van der Waals surface area (Å²) in [6.07, 6.45) is 11.8. The number of rotatable bonds is 2. The highest BCUT2D eigenvalue weighted by atomic mass is 16.1. The van der Waals surface area contributed by atoms with Gasteiger partial charge in [0.2, 0.25) is 0 Å². The Labute approximate surface area is 172 Å². The molecule has 0 radical (unpaired) electrons. The lowest BCUT2D eigenvalue weighted by Crippen LogP contribution is -2.44. The van der Waals surface area contributed by atoms with Crippen LogP contribution in [-0.4, -0.2) is 19.0 Å². The molecule has 0 saturated heterocycles. The molecule has 2 aromatic rings. The van der Waals surface area contributed by atoms with Crippen LogP contribution in [0.25, 0.3) is 0 Å². The fourth-order valence-electron chi connectivity index (χ4n) is 6.01. The fraction of sp³-hybridized carbons (Fsp3) is 0.346. The Bertz CT molecular complexity index is 1060. The van der Waals surface area contributed by atoms with Crippen LogP contribution < -0.4 is 10.2 Å². The molecule has 0 spiro atoms. The van der Waals surface area contributed by atoms with Gasteiger partial charge in [-0.2, -0.15) is 0 Å². The minimum absolute atomic E-state index is 0.00982. The zero-order chi connectivity index (χ0) is 19.5. The van der Waals surface area contributed by atoms with Crippen molar-refractivity contribution in [1.82, 2.24) is 0 Å². The van der Waals surface area contributed by atoms with Crippen LogP contribution in [0, 0.1) is 18.8 Å². The molecule has 6 rings (SSSR count). The lowest BCUT2D eigenvalue weighted by atomic mass is 9.74. The first-order valence-electron chi connectivity index (χ1n) is 10.8. The van der Waals surface area contributed by atoms with Crippen LogP contribution in [0.4, 0.5) is 11.4 Å². The minimum atomic E-state index is -0.00982. The summed E-state index contributed by atoms with van der Waals surface area (Å²) in [5.41, 5.74) is 6.95. The second-order valence-corrected chi connectivity index (χ2v) is 9.04. The van der Waals surface area contributed by atoms with Crippen molar-refractivity contribution in [3.63, 3.8) is 0 Å². The molecule has 1 amide bonds. The second-order valence-electron chi connectivity index (χ2n) is 9.04. The molecule has 4 aliphatic rings. The summed E-state index contributed by atoms with van der Waals surface area (Å²) in [5.74, 6) is 2.26. The van der Waals surface area contributed by atoms with Crippen LogP contribution >= 0.6 is 0 Å². The molecule has 146 valence electrons. The van der Waals surface area contributed by atoms with E-state index in [1.54, 1.807) is 0 Å². The highest BCUT2D eigenvalue weighted by Crippen LogP contribution is 2.54. The normalized spacial score (nSPS) is 28.1. The molecule has 0 saturated carbocycles. The van der Waals surface area contributed by atoms with Crippen LogP contribution in [-0.2, 0) is 0 Å². The highest BCUT2D eigenvalue weighted by Gasteiger charge is 2.43. The number of hydrogen-bond donors (Lipinski definition) is 1.